The number of H-pyrrole nitrogens is 1. The van der Waals surface area contributed by atoms with E-state index in [0.29, 0.717) is 0 Å². The number of para-hydroxylation sites is 3. The second-order valence-electron chi connectivity index (χ2n) is 7.90. The van der Waals surface area contributed by atoms with Crippen LogP contribution in [-0.4, -0.2) is 9.55 Å². The van der Waals surface area contributed by atoms with Crippen molar-refractivity contribution < 1.29 is 0 Å². The molecule has 2 heteroatoms. The van der Waals surface area contributed by atoms with Crippen LogP contribution < -0.4 is 0 Å². The van der Waals surface area contributed by atoms with E-state index in [-0.39, 0.29) is 0 Å². The van der Waals surface area contributed by atoms with Crippen molar-refractivity contribution in [1.29, 1.82) is 0 Å². The molecule has 0 saturated carbocycles. The first-order chi connectivity index (χ1) is 14.9. The number of aromatic nitrogens is 2. The van der Waals surface area contributed by atoms with E-state index in [1.807, 2.05) is 0 Å². The molecule has 0 spiro atoms. The van der Waals surface area contributed by atoms with Crippen molar-refractivity contribution in [2.45, 2.75) is 0 Å². The predicted octanol–water partition coefficient (Wildman–Crippen LogP) is 7.57. The molecule has 7 aromatic rings. The smallest absolute Gasteiger partial charge is 0.0620 e. The first-order valence-electron chi connectivity index (χ1n) is 10.3. The summed E-state index contributed by atoms with van der Waals surface area (Å²) < 4.78 is 2.40. The minimum absolute atomic E-state index is 1.18. The fourth-order valence-corrected chi connectivity index (χ4v) is 5.03. The van der Waals surface area contributed by atoms with Crippen LogP contribution in [0.3, 0.4) is 0 Å². The van der Waals surface area contributed by atoms with Gasteiger partial charge in [-0.15, -0.1) is 0 Å². The van der Waals surface area contributed by atoms with E-state index in [4.69, 9.17) is 0 Å². The molecule has 0 bridgehead atoms. The minimum Gasteiger partial charge on any atom is -0.354 e. The van der Waals surface area contributed by atoms with Gasteiger partial charge in [-0.05, 0) is 24.3 Å². The van der Waals surface area contributed by atoms with Crippen molar-refractivity contribution in [3.8, 4) is 5.69 Å². The second kappa shape index (κ2) is 5.74. The monoisotopic (exact) mass is 382 g/mol. The first kappa shape index (κ1) is 15.8. The van der Waals surface area contributed by atoms with Gasteiger partial charge in [-0.1, -0.05) is 78.9 Å². The molecule has 2 nitrogen and oxygen atoms in total. The molecule has 0 aliphatic carbocycles. The Labute approximate surface area is 173 Å². The van der Waals surface area contributed by atoms with E-state index in [1.165, 1.54) is 60.1 Å². The van der Waals surface area contributed by atoms with Crippen LogP contribution in [0.15, 0.2) is 103 Å². The van der Waals surface area contributed by atoms with E-state index in [0.717, 1.165) is 0 Å². The van der Waals surface area contributed by atoms with Gasteiger partial charge < -0.3 is 9.55 Å². The van der Waals surface area contributed by atoms with Crippen LogP contribution in [-0.2, 0) is 0 Å². The lowest BCUT2D eigenvalue weighted by molar-refractivity contribution is 1.19. The number of nitrogens with one attached hydrogen (secondary N) is 1. The molecule has 30 heavy (non-hydrogen) atoms. The maximum absolute atomic E-state index is 3.67. The summed E-state index contributed by atoms with van der Waals surface area (Å²) in [5.41, 5.74) is 6.08. The van der Waals surface area contributed by atoms with Crippen molar-refractivity contribution in [2.24, 2.45) is 0 Å². The Morgan fingerprint density at radius 3 is 1.90 bits per heavy atom. The van der Waals surface area contributed by atoms with Gasteiger partial charge in [0.15, 0.2) is 0 Å². The van der Waals surface area contributed by atoms with Crippen LogP contribution in [0.5, 0.6) is 0 Å². The molecule has 0 aliphatic rings. The molecule has 0 saturated heterocycles. The highest BCUT2D eigenvalue weighted by Gasteiger charge is 2.16. The van der Waals surface area contributed by atoms with E-state index >= 15 is 0 Å². The molecule has 140 valence electrons. The molecular formula is C28H18N2. The van der Waals surface area contributed by atoms with E-state index in [1.54, 1.807) is 0 Å². The summed E-state index contributed by atoms with van der Waals surface area (Å²) >= 11 is 0. The molecule has 0 amide bonds. The summed E-state index contributed by atoms with van der Waals surface area (Å²) in [7, 11) is 0. The maximum Gasteiger partial charge on any atom is 0.0620 e. The highest BCUT2D eigenvalue weighted by Crippen LogP contribution is 2.39. The Hall–Kier alpha value is -4.04. The first-order valence-corrected chi connectivity index (χ1v) is 10.3. The van der Waals surface area contributed by atoms with Gasteiger partial charge in [0.05, 0.1) is 16.6 Å². The molecule has 2 aromatic heterocycles. The largest absolute Gasteiger partial charge is 0.354 e. The fraction of sp³-hybridized carbons (Fsp3) is 0. The van der Waals surface area contributed by atoms with Crippen LogP contribution in [0.25, 0.3) is 60.1 Å². The molecule has 0 unspecified atom stereocenters. The Balaban J connectivity index is 1.73. The summed E-state index contributed by atoms with van der Waals surface area (Å²) in [5, 5.41) is 7.66. The molecule has 5 aromatic carbocycles. The van der Waals surface area contributed by atoms with Gasteiger partial charge in [-0.25, -0.2) is 0 Å². The number of fused-ring (bicyclic) bond motifs is 9. The Kier molecular flexibility index (Phi) is 3.03. The third kappa shape index (κ3) is 1.98. The lowest BCUT2D eigenvalue weighted by Crippen LogP contribution is -1.93. The van der Waals surface area contributed by atoms with Gasteiger partial charge in [0.1, 0.15) is 0 Å². The summed E-state index contributed by atoms with van der Waals surface area (Å²) in [4.78, 5) is 3.67. The van der Waals surface area contributed by atoms with E-state index in [9.17, 15) is 0 Å². The minimum atomic E-state index is 1.18. The average molecular weight is 382 g/mol. The summed E-state index contributed by atoms with van der Waals surface area (Å²) in [6, 6.07) is 37.0. The van der Waals surface area contributed by atoms with Crippen LogP contribution in [0.1, 0.15) is 0 Å². The summed E-state index contributed by atoms with van der Waals surface area (Å²) in [6.45, 7) is 0. The quantitative estimate of drug-likeness (QED) is 0.302. The lowest BCUT2D eigenvalue weighted by atomic mass is 10.0. The average Bonchev–Trinajstić information content (AvgIpc) is 3.36. The molecule has 1 N–H and O–H groups in total. The Morgan fingerprint density at radius 2 is 1.07 bits per heavy atom. The maximum atomic E-state index is 3.67. The van der Waals surface area contributed by atoms with E-state index in [2.05, 4.69) is 113 Å². The highest BCUT2D eigenvalue weighted by molar-refractivity contribution is 6.25. The summed E-state index contributed by atoms with van der Waals surface area (Å²) in [5.74, 6) is 0. The molecule has 7 rings (SSSR count). The highest BCUT2D eigenvalue weighted by atomic mass is 15.0. The zero-order chi connectivity index (χ0) is 19.7. The number of hydrogen-bond acceptors (Lipinski definition) is 0. The molecule has 0 radical (unpaired) electrons. The molecule has 2 heterocycles. The number of hydrogen-bond donors (Lipinski definition) is 1. The predicted molar refractivity (Wildman–Crippen MR) is 128 cm³/mol. The topological polar surface area (TPSA) is 20.7 Å². The van der Waals surface area contributed by atoms with E-state index < -0.39 is 0 Å². The zero-order valence-corrected chi connectivity index (χ0v) is 16.3. The van der Waals surface area contributed by atoms with Crippen molar-refractivity contribution in [1.82, 2.24) is 9.55 Å². The van der Waals surface area contributed by atoms with Crippen molar-refractivity contribution >= 4 is 54.4 Å². The van der Waals surface area contributed by atoms with Crippen molar-refractivity contribution in [3.63, 3.8) is 0 Å². The van der Waals surface area contributed by atoms with Gasteiger partial charge >= 0.3 is 0 Å². The number of aromatic amines is 1. The number of nitrogens with zero attached hydrogens (tertiary/aromatic N) is 1. The van der Waals surface area contributed by atoms with Crippen LogP contribution in [0, 0.1) is 0 Å². The second-order valence-corrected chi connectivity index (χ2v) is 7.90. The normalized spacial score (nSPS) is 12.0. The Bertz CT molecular complexity index is 1730. The molecule has 0 aliphatic heterocycles. The zero-order valence-electron chi connectivity index (χ0n) is 16.3. The third-order valence-corrected chi connectivity index (χ3v) is 6.32. The van der Waals surface area contributed by atoms with Crippen LogP contribution in [0.4, 0.5) is 0 Å². The van der Waals surface area contributed by atoms with Gasteiger partial charge in [-0.2, -0.15) is 0 Å². The van der Waals surface area contributed by atoms with Gasteiger partial charge in [0.2, 0.25) is 0 Å². The molecular weight excluding hydrogens is 364 g/mol. The van der Waals surface area contributed by atoms with Crippen LogP contribution >= 0.6 is 0 Å². The third-order valence-electron chi connectivity index (χ3n) is 6.32. The number of rotatable bonds is 1. The van der Waals surface area contributed by atoms with Gasteiger partial charge in [0, 0.05) is 43.5 Å². The number of benzene rings is 5. The molecule has 0 atom stereocenters. The van der Waals surface area contributed by atoms with Gasteiger partial charge in [0.25, 0.3) is 0 Å². The standard InChI is InChI=1S/C28H18N2/c1-2-8-18(9-3-1)30-26-13-7-5-11-20(26)23-16-15-22-24(28(23)30)17-14-21-19-10-4-6-12-25(19)29-27(21)22/h1-17,29H. The Morgan fingerprint density at radius 1 is 0.467 bits per heavy atom. The van der Waals surface area contributed by atoms with Crippen molar-refractivity contribution in [3.05, 3.63) is 103 Å². The summed E-state index contributed by atoms with van der Waals surface area (Å²) in [6.07, 6.45) is 0. The van der Waals surface area contributed by atoms with Crippen molar-refractivity contribution in [2.75, 3.05) is 0 Å². The van der Waals surface area contributed by atoms with Gasteiger partial charge in [-0.3, -0.25) is 0 Å². The lowest BCUT2D eigenvalue weighted by Gasteiger charge is -2.10. The fourth-order valence-electron chi connectivity index (χ4n) is 5.03. The van der Waals surface area contributed by atoms with Crippen LogP contribution in [0.2, 0.25) is 0 Å². The molecule has 0 fully saturated rings. The SMILES string of the molecule is c1ccc(-n2c3ccccc3c3ccc4c(ccc5c6ccccc6[nH]c54)c32)cc1.